The van der Waals surface area contributed by atoms with E-state index in [2.05, 4.69) is 20.3 Å². The number of nitrogens with zero attached hydrogens (tertiary/aromatic N) is 6. The summed E-state index contributed by atoms with van der Waals surface area (Å²) in [5.74, 6) is 2.17. The molecule has 3 aromatic rings. The third kappa shape index (κ3) is 6.97. The van der Waals surface area contributed by atoms with Crippen molar-refractivity contribution in [2.75, 3.05) is 45.3 Å². The third-order valence-electron chi connectivity index (χ3n) is 6.48. The molecule has 1 fully saturated rings. The Balaban J connectivity index is 1.49. The standard InChI is InChI=1S/C27H34ClN7O4/c1-18(2)13-25(36)35-12-11-33(24-15-23(28)31-27(32-24)34-10-9-29-17-34)16-20(35)26(37)30-8-7-19-5-6-21(38-3)22(14-19)39-4/h5-6,9-10,14-15,17-18,20H,7-8,11-13,16H2,1-4H3,(H,30,37). The number of anilines is 1. The number of imidazole rings is 1. The van der Waals surface area contributed by atoms with Crippen molar-refractivity contribution in [2.45, 2.75) is 32.7 Å². The first-order valence-electron chi connectivity index (χ1n) is 12.8. The molecule has 11 nitrogen and oxygen atoms in total. The summed E-state index contributed by atoms with van der Waals surface area (Å²) in [6, 6.07) is 6.65. The zero-order chi connectivity index (χ0) is 27.9. The van der Waals surface area contributed by atoms with Gasteiger partial charge in [-0.1, -0.05) is 31.5 Å². The Kier molecular flexibility index (Phi) is 9.23. The van der Waals surface area contributed by atoms with Gasteiger partial charge in [-0.3, -0.25) is 14.2 Å². The van der Waals surface area contributed by atoms with Gasteiger partial charge in [0, 0.05) is 51.1 Å². The van der Waals surface area contributed by atoms with Crippen LogP contribution in [-0.4, -0.2) is 82.7 Å². The van der Waals surface area contributed by atoms with Crippen LogP contribution < -0.4 is 19.7 Å². The SMILES string of the molecule is COc1ccc(CCNC(=O)C2CN(c3cc(Cl)nc(-n4ccnc4)n3)CCN2C(=O)CC(C)C)cc1OC. The largest absolute Gasteiger partial charge is 0.493 e. The fourth-order valence-corrected chi connectivity index (χ4v) is 4.69. The zero-order valence-electron chi connectivity index (χ0n) is 22.6. The molecule has 1 N–H and O–H groups in total. The van der Waals surface area contributed by atoms with E-state index in [0.717, 1.165) is 5.56 Å². The third-order valence-corrected chi connectivity index (χ3v) is 6.67. The fraction of sp³-hybridized carbons (Fsp3) is 0.444. The Morgan fingerprint density at radius 2 is 1.92 bits per heavy atom. The van der Waals surface area contributed by atoms with Crippen LogP contribution in [0, 0.1) is 5.92 Å². The molecule has 1 atom stereocenters. The Morgan fingerprint density at radius 3 is 2.62 bits per heavy atom. The highest BCUT2D eigenvalue weighted by molar-refractivity contribution is 6.29. The van der Waals surface area contributed by atoms with E-state index >= 15 is 0 Å². The molecule has 1 unspecified atom stereocenters. The lowest BCUT2D eigenvalue weighted by Gasteiger charge is -2.41. The molecular weight excluding hydrogens is 522 g/mol. The van der Waals surface area contributed by atoms with Gasteiger partial charge in [0.05, 0.1) is 14.2 Å². The van der Waals surface area contributed by atoms with Crippen molar-refractivity contribution < 1.29 is 19.1 Å². The maximum Gasteiger partial charge on any atom is 0.244 e. The van der Waals surface area contributed by atoms with E-state index in [0.29, 0.717) is 55.7 Å². The lowest BCUT2D eigenvalue weighted by Crippen LogP contribution is -2.61. The van der Waals surface area contributed by atoms with Crippen molar-refractivity contribution in [3.05, 3.63) is 53.7 Å². The number of nitrogens with one attached hydrogen (secondary N) is 1. The summed E-state index contributed by atoms with van der Waals surface area (Å²) in [7, 11) is 3.18. The number of carbonyl (C=O) groups excluding carboxylic acids is 2. The Bertz CT molecular complexity index is 1290. The van der Waals surface area contributed by atoms with Gasteiger partial charge < -0.3 is 24.6 Å². The summed E-state index contributed by atoms with van der Waals surface area (Å²) < 4.78 is 12.3. The summed E-state index contributed by atoms with van der Waals surface area (Å²) in [5.41, 5.74) is 0.994. The van der Waals surface area contributed by atoms with Crippen LogP contribution in [0.5, 0.6) is 11.5 Å². The first kappa shape index (κ1) is 28.2. The van der Waals surface area contributed by atoms with Gasteiger partial charge in [-0.05, 0) is 30.0 Å². The van der Waals surface area contributed by atoms with Crippen molar-refractivity contribution in [1.29, 1.82) is 0 Å². The molecule has 3 heterocycles. The van der Waals surface area contributed by atoms with E-state index in [4.69, 9.17) is 21.1 Å². The second kappa shape index (κ2) is 12.8. The predicted molar refractivity (Wildman–Crippen MR) is 148 cm³/mol. The van der Waals surface area contributed by atoms with E-state index < -0.39 is 6.04 Å². The molecule has 1 aliphatic heterocycles. The number of methoxy groups -OCH3 is 2. The number of rotatable bonds is 10. The molecule has 0 radical (unpaired) electrons. The lowest BCUT2D eigenvalue weighted by atomic mass is 10.1. The van der Waals surface area contributed by atoms with Crippen LogP contribution in [-0.2, 0) is 16.0 Å². The van der Waals surface area contributed by atoms with Crippen LogP contribution in [0.1, 0.15) is 25.8 Å². The number of hydrogen-bond acceptors (Lipinski definition) is 8. The van der Waals surface area contributed by atoms with Crippen molar-refractivity contribution in [3.8, 4) is 17.4 Å². The summed E-state index contributed by atoms with van der Waals surface area (Å²) >= 11 is 6.32. The molecule has 2 aromatic heterocycles. The van der Waals surface area contributed by atoms with E-state index in [9.17, 15) is 9.59 Å². The molecule has 1 saturated heterocycles. The molecule has 208 valence electrons. The quantitative estimate of drug-likeness (QED) is 0.380. The maximum absolute atomic E-state index is 13.5. The van der Waals surface area contributed by atoms with Gasteiger partial charge in [-0.2, -0.15) is 4.98 Å². The van der Waals surface area contributed by atoms with E-state index in [1.54, 1.807) is 48.5 Å². The highest BCUT2D eigenvalue weighted by Crippen LogP contribution is 2.28. The lowest BCUT2D eigenvalue weighted by molar-refractivity contribution is -0.141. The number of amides is 2. The van der Waals surface area contributed by atoms with Gasteiger partial charge in [0.25, 0.3) is 0 Å². The number of halogens is 1. The number of carbonyl (C=O) groups is 2. The van der Waals surface area contributed by atoms with E-state index in [-0.39, 0.29) is 29.4 Å². The van der Waals surface area contributed by atoms with Crippen LogP contribution >= 0.6 is 11.6 Å². The van der Waals surface area contributed by atoms with Crippen molar-refractivity contribution in [3.63, 3.8) is 0 Å². The van der Waals surface area contributed by atoms with E-state index in [1.165, 1.54) is 0 Å². The molecule has 0 bridgehead atoms. The number of ether oxygens (including phenoxy) is 2. The minimum Gasteiger partial charge on any atom is -0.493 e. The Hall–Kier alpha value is -3.86. The van der Waals surface area contributed by atoms with Crippen molar-refractivity contribution >= 4 is 29.2 Å². The summed E-state index contributed by atoms with van der Waals surface area (Å²) in [4.78, 5) is 43.2. The molecule has 4 rings (SSSR count). The van der Waals surface area contributed by atoms with Gasteiger partial charge in [0.1, 0.15) is 23.3 Å². The second-order valence-electron chi connectivity index (χ2n) is 9.70. The summed E-state index contributed by atoms with van der Waals surface area (Å²) in [6.07, 6.45) is 5.92. The molecule has 0 aliphatic carbocycles. The summed E-state index contributed by atoms with van der Waals surface area (Å²) in [5, 5.41) is 3.30. The number of piperazine rings is 1. The molecule has 39 heavy (non-hydrogen) atoms. The molecule has 0 saturated carbocycles. The minimum atomic E-state index is -0.680. The second-order valence-corrected chi connectivity index (χ2v) is 10.1. The minimum absolute atomic E-state index is 0.0375. The van der Waals surface area contributed by atoms with Crippen molar-refractivity contribution in [1.82, 2.24) is 29.7 Å². The Labute approximate surface area is 233 Å². The highest BCUT2D eigenvalue weighted by Gasteiger charge is 2.36. The Morgan fingerprint density at radius 1 is 1.13 bits per heavy atom. The molecule has 12 heteroatoms. The van der Waals surface area contributed by atoms with Crippen LogP contribution in [0.25, 0.3) is 5.95 Å². The first-order chi connectivity index (χ1) is 18.8. The van der Waals surface area contributed by atoms with Gasteiger partial charge >= 0.3 is 0 Å². The zero-order valence-corrected chi connectivity index (χ0v) is 23.4. The molecule has 0 spiro atoms. The number of aromatic nitrogens is 4. The monoisotopic (exact) mass is 555 g/mol. The smallest absolute Gasteiger partial charge is 0.244 e. The van der Waals surface area contributed by atoms with Crippen LogP contribution in [0.15, 0.2) is 43.0 Å². The normalized spacial score (nSPS) is 15.4. The van der Waals surface area contributed by atoms with Crippen LogP contribution in [0.2, 0.25) is 5.15 Å². The fourth-order valence-electron chi connectivity index (χ4n) is 4.51. The topological polar surface area (TPSA) is 115 Å². The first-order valence-corrected chi connectivity index (χ1v) is 13.2. The molecule has 2 amide bonds. The molecular formula is C27H34ClN7O4. The number of hydrogen-bond donors (Lipinski definition) is 1. The molecule has 1 aliphatic rings. The number of benzene rings is 1. The van der Waals surface area contributed by atoms with Crippen LogP contribution in [0.3, 0.4) is 0 Å². The maximum atomic E-state index is 13.5. The van der Waals surface area contributed by atoms with Gasteiger partial charge in [-0.25, -0.2) is 9.97 Å². The van der Waals surface area contributed by atoms with Gasteiger partial charge in [-0.15, -0.1) is 0 Å². The molecule has 1 aromatic carbocycles. The highest BCUT2D eigenvalue weighted by atomic mass is 35.5. The van der Waals surface area contributed by atoms with Gasteiger partial charge in [0.15, 0.2) is 11.5 Å². The van der Waals surface area contributed by atoms with Crippen LogP contribution in [0.4, 0.5) is 5.82 Å². The van der Waals surface area contributed by atoms with Crippen molar-refractivity contribution in [2.24, 2.45) is 5.92 Å². The van der Waals surface area contributed by atoms with Gasteiger partial charge in [0.2, 0.25) is 17.8 Å². The average molecular weight is 556 g/mol. The predicted octanol–water partition coefficient (Wildman–Crippen LogP) is 2.76. The summed E-state index contributed by atoms with van der Waals surface area (Å²) in [6.45, 7) is 5.57. The van der Waals surface area contributed by atoms with E-state index in [1.807, 2.05) is 36.9 Å². The average Bonchev–Trinajstić information content (AvgIpc) is 3.47.